The third kappa shape index (κ3) is 3.67. The van der Waals surface area contributed by atoms with Crippen LogP contribution in [0.4, 0.5) is 30.2 Å². The fourth-order valence-electron chi connectivity index (χ4n) is 3.84. The number of carbonyl (C=O) groups is 2. The fraction of sp³-hybridized carbons (Fsp3) is 0.167. The normalized spacial score (nSPS) is 16.8. The van der Waals surface area contributed by atoms with Crippen molar-refractivity contribution in [2.45, 2.75) is 19.0 Å². The summed E-state index contributed by atoms with van der Waals surface area (Å²) in [6, 6.07) is 20.1. The Labute approximate surface area is 177 Å². The highest BCUT2D eigenvalue weighted by Crippen LogP contribution is 2.44. The largest absolute Gasteiger partial charge is 0.416 e. The number of benzene rings is 3. The lowest BCUT2D eigenvalue weighted by molar-refractivity contribution is -0.137. The molecule has 3 aromatic rings. The van der Waals surface area contributed by atoms with E-state index in [2.05, 4.69) is 0 Å². The maximum Gasteiger partial charge on any atom is 0.416 e. The van der Waals surface area contributed by atoms with Gasteiger partial charge in [-0.15, -0.1) is 0 Å². The predicted molar refractivity (Wildman–Crippen MR) is 112 cm³/mol. The van der Waals surface area contributed by atoms with Gasteiger partial charge < -0.3 is 4.90 Å². The number of nitrogens with zero attached hydrogens (tertiary/aromatic N) is 2. The number of amides is 2. The van der Waals surface area contributed by atoms with Gasteiger partial charge in [-0.3, -0.25) is 14.5 Å². The van der Waals surface area contributed by atoms with Crippen LogP contribution in [0.15, 0.2) is 78.9 Å². The van der Waals surface area contributed by atoms with E-state index < -0.39 is 29.5 Å². The molecule has 1 aliphatic rings. The summed E-state index contributed by atoms with van der Waals surface area (Å²) in [7, 11) is 0. The number of alkyl halides is 3. The van der Waals surface area contributed by atoms with Gasteiger partial charge in [-0.1, -0.05) is 48.5 Å². The zero-order valence-corrected chi connectivity index (χ0v) is 16.6. The van der Waals surface area contributed by atoms with Crippen LogP contribution in [-0.2, 0) is 15.8 Å². The summed E-state index contributed by atoms with van der Waals surface area (Å²) in [5.41, 5.74) is 0.276. The van der Waals surface area contributed by atoms with E-state index >= 15 is 0 Å². The molecule has 0 spiro atoms. The molecule has 0 aliphatic carbocycles. The van der Waals surface area contributed by atoms with Gasteiger partial charge in [0.2, 0.25) is 11.8 Å². The summed E-state index contributed by atoms with van der Waals surface area (Å²) in [6.07, 6.45) is -4.59. The number of hydrogen-bond donors (Lipinski definition) is 0. The molecule has 0 bridgehead atoms. The molecule has 1 unspecified atom stereocenters. The maximum absolute atomic E-state index is 13.7. The topological polar surface area (TPSA) is 40.6 Å². The molecule has 0 radical (unpaired) electrons. The Morgan fingerprint density at radius 2 is 1.42 bits per heavy atom. The average molecular weight is 424 g/mol. The first-order valence-electron chi connectivity index (χ1n) is 9.79. The summed E-state index contributed by atoms with van der Waals surface area (Å²) in [5.74, 6) is -2.25. The first kappa shape index (κ1) is 20.7. The highest BCUT2D eigenvalue weighted by Gasteiger charge is 2.42. The van der Waals surface area contributed by atoms with Crippen LogP contribution < -0.4 is 9.80 Å². The smallest absolute Gasteiger partial charge is 0.310 e. The van der Waals surface area contributed by atoms with Crippen molar-refractivity contribution in [3.05, 3.63) is 90.0 Å². The maximum atomic E-state index is 13.7. The zero-order chi connectivity index (χ0) is 22.2. The van der Waals surface area contributed by atoms with Crippen LogP contribution in [0.5, 0.6) is 0 Å². The van der Waals surface area contributed by atoms with Gasteiger partial charge in [-0.05, 0) is 42.8 Å². The molecule has 1 atom stereocenters. The Kier molecular flexibility index (Phi) is 5.27. The Morgan fingerprint density at radius 3 is 2.00 bits per heavy atom. The summed E-state index contributed by atoms with van der Waals surface area (Å²) >= 11 is 0. The minimum absolute atomic E-state index is 0.0275. The molecular formula is C24H19F3N2O2. The molecule has 0 saturated carbocycles. The second-order valence-electron chi connectivity index (χ2n) is 7.14. The van der Waals surface area contributed by atoms with Crippen LogP contribution in [0.2, 0.25) is 0 Å². The number of carbonyl (C=O) groups excluding carboxylic acids is 2. The van der Waals surface area contributed by atoms with Gasteiger partial charge in [0, 0.05) is 12.2 Å². The minimum atomic E-state index is -4.59. The van der Waals surface area contributed by atoms with Gasteiger partial charge in [0.25, 0.3) is 0 Å². The van der Waals surface area contributed by atoms with Crippen molar-refractivity contribution in [1.29, 1.82) is 0 Å². The molecule has 3 aromatic carbocycles. The molecule has 4 nitrogen and oxygen atoms in total. The van der Waals surface area contributed by atoms with Crippen LogP contribution in [0.3, 0.4) is 0 Å². The highest BCUT2D eigenvalue weighted by molar-refractivity contribution is 6.23. The van der Waals surface area contributed by atoms with E-state index in [4.69, 9.17) is 0 Å². The Balaban J connectivity index is 2.00. The molecule has 1 aliphatic heterocycles. The third-order valence-electron chi connectivity index (χ3n) is 5.28. The number of halogens is 3. The lowest BCUT2D eigenvalue weighted by atomic mass is 9.96. The Bertz CT molecular complexity index is 1110. The predicted octanol–water partition coefficient (Wildman–Crippen LogP) is 5.52. The van der Waals surface area contributed by atoms with Gasteiger partial charge in [-0.25, -0.2) is 0 Å². The summed E-state index contributed by atoms with van der Waals surface area (Å²) in [6.45, 7) is 1.93. The lowest BCUT2D eigenvalue weighted by Crippen LogP contribution is -2.39. The second-order valence-corrected chi connectivity index (χ2v) is 7.14. The van der Waals surface area contributed by atoms with Crippen LogP contribution in [-0.4, -0.2) is 18.4 Å². The lowest BCUT2D eigenvalue weighted by Gasteiger charge is -2.26. The molecular weight excluding hydrogens is 405 g/mol. The van der Waals surface area contributed by atoms with Crippen molar-refractivity contribution >= 4 is 28.9 Å². The van der Waals surface area contributed by atoms with Crippen LogP contribution in [0.25, 0.3) is 0 Å². The van der Waals surface area contributed by atoms with E-state index in [9.17, 15) is 22.8 Å². The number of rotatable bonds is 3. The van der Waals surface area contributed by atoms with Gasteiger partial charge in [0.05, 0.1) is 16.9 Å². The van der Waals surface area contributed by atoms with E-state index in [0.717, 1.165) is 12.1 Å². The molecule has 0 aromatic heterocycles. The van der Waals surface area contributed by atoms with E-state index in [0.29, 0.717) is 11.3 Å². The van der Waals surface area contributed by atoms with Crippen molar-refractivity contribution in [2.24, 2.45) is 0 Å². The number of para-hydroxylation sites is 1. The number of anilines is 3. The van der Waals surface area contributed by atoms with Crippen molar-refractivity contribution in [2.75, 3.05) is 16.3 Å². The Hall–Kier alpha value is -3.61. The monoisotopic (exact) mass is 424 g/mol. The number of fused-ring (bicyclic) bond motifs is 1. The highest BCUT2D eigenvalue weighted by atomic mass is 19.4. The first-order chi connectivity index (χ1) is 14.8. The van der Waals surface area contributed by atoms with Gasteiger partial charge in [0.1, 0.15) is 5.92 Å². The molecule has 0 fully saturated rings. The van der Waals surface area contributed by atoms with E-state index in [-0.39, 0.29) is 17.9 Å². The zero-order valence-electron chi connectivity index (χ0n) is 16.6. The van der Waals surface area contributed by atoms with Gasteiger partial charge >= 0.3 is 6.18 Å². The molecule has 0 saturated heterocycles. The van der Waals surface area contributed by atoms with E-state index in [1.807, 2.05) is 0 Å². The van der Waals surface area contributed by atoms with Crippen molar-refractivity contribution in [3.8, 4) is 0 Å². The standard InChI is InChI=1S/C24H19F3N2O2/c1-2-28-19-14-13-17(24(25,26)27)15-20(19)29(18-11-7-4-8-12-18)23(31)21(22(28)30)16-9-5-3-6-10-16/h3-15,21H,2H2,1H3. The van der Waals surface area contributed by atoms with Crippen LogP contribution in [0, 0.1) is 0 Å². The molecule has 7 heteroatoms. The average Bonchev–Trinajstić information content (AvgIpc) is 2.85. The Morgan fingerprint density at radius 1 is 0.806 bits per heavy atom. The summed E-state index contributed by atoms with van der Waals surface area (Å²) in [5, 5.41) is 0. The second kappa shape index (κ2) is 7.91. The summed E-state index contributed by atoms with van der Waals surface area (Å²) in [4.78, 5) is 29.8. The first-order valence-corrected chi connectivity index (χ1v) is 9.79. The van der Waals surface area contributed by atoms with Crippen molar-refractivity contribution in [1.82, 2.24) is 0 Å². The van der Waals surface area contributed by atoms with E-state index in [1.54, 1.807) is 67.6 Å². The molecule has 0 N–H and O–H groups in total. The minimum Gasteiger partial charge on any atom is -0.310 e. The van der Waals surface area contributed by atoms with Crippen molar-refractivity contribution in [3.63, 3.8) is 0 Å². The van der Waals surface area contributed by atoms with Crippen LogP contribution >= 0.6 is 0 Å². The molecule has 158 valence electrons. The molecule has 4 rings (SSSR count). The van der Waals surface area contributed by atoms with Gasteiger partial charge in [0.15, 0.2) is 0 Å². The number of hydrogen-bond acceptors (Lipinski definition) is 2. The third-order valence-corrected chi connectivity index (χ3v) is 5.28. The summed E-state index contributed by atoms with van der Waals surface area (Å²) < 4.78 is 40.5. The van der Waals surface area contributed by atoms with Gasteiger partial charge in [-0.2, -0.15) is 13.2 Å². The fourth-order valence-corrected chi connectivity index (χ4v) is 3.84. The quantitative estimate of drug-likeness (QED) is 0.520. The molecule has 2 amide bonds. The molecule has 1 heterocycles. The van der Waals surface area contributed by atoms with E-state index in [1.165, 1.54) is 15.9 Å². The van der Waals surface area contributed by atoms with Crippen LogP contribution in [0.1, 0.15) is 24.0 Å². The number of likely N-dealkylation sites (N-methyl/N-ethyl adjacent to an activating group) is 1. The SMILES string of the molecule is CCN1C(=O)C(c2ccccc2)C(=O)N(c2ccccc2)c2cc(C(F)(F)F)ccc21. The molecule has 31 heavy (non-hydrogen) atoms. The van der Waals surface area contributed by atoms with Crippen molar-refractivity contribution < 1.29 is 22.8 Å².